The van der Waals surface area contributed by atoms with Crippen molar-refractivity contribution >= 4 is 5.97 Å². The number of hydrogen-bond donors (Lipinski definition) is 1. The van der Waals surface area contributed by atoms with Crippen LogP contribution in [0.5, 0.6) is 0 Å². The molecule has 1 fully saturated rings. The summed E-state index contributed by atoms with van der Waals surface area (Å²) in [5.41, 5.74) is 0.857. The molecule has 1 N–H and O–H groups in total. The fraction of sp³-hybridized carbons (Fsp3) is 0.750. The summed E-state index contributed by atoms with van der Waals surface area (Å²) in [5.74, 6) is -0.769. The molecule has 0 saturated carbocycles. The van der Waals surface area contributed by atoms with Gasteiger partial charge in [-0.25, -0.2) is 0 Å². The first kappa shape index (κ1) is 12.2. The summed E-state index contributed by atoms with van der Waals surface area (Å²) in [6.45, 7) is 9.32. The molecule has 1 heterocycles. The highest BCUT2D eigenvalue weighted by molar-refractivity contribution is 5.70. The molecule has 1 aliphatic rings. The van der Waals surface area contributed by atoms with Crippen molar-refractivity contribution in [3.05, 3.63) is 12.2 Å². The van der Waals surface area contributed by atoms with Crippen molar-refractivity contribution in [1.82, 2.24) is 4.90 Å². The van der Waals surface area contributed by atoms with Gasteiger partial charge in [-0.05, 0) is 38.8 Å². The molecule has 1 saturated heterocycles. The lowest BCUT2D eigenvalue weighted by Crippen LogP contribution is -2.44. The highest BCUT2D eigenvalue weighted by atomic mass is 16.4. The Hall–Kier alpha value is -0.830. The Morgan fingerprint density at radius 2 is 2.20 bits per heavy atom. The molecule has 0 amide bonds. The van der Waals surface area contributed by atoms with Crippen LogP contribution >= 0.6 is 0 Å². The average molecular weight is 211 g/mol. The van der Waals surface area contributed by atoms with Gasteiger partial charge in [0.15, 0.2) is 0 Å². The highest BCUT2D eigenvalue weighted by Gasteiger charge is 2.27. The van der Waals surface area contributed by atoms with E-state index in [-0.39, 0.29) is 12.5 Å². The number of hydrogen-bond acceptors (Lipinski definition) is 2. The van der Waals surface area contributed by atoms with Crippen LogP contribution in [-0.4, -0.2) is 34.6 Å². The smallest absolute Gasteiger partial charge is 0.307 e. The van der Waals surface area contributed by atoms with E-state index in [2.05, 4.69) is 25.3 Å². The molecule has 0 aromatic heterocycles. The van der Waals surface area contributed by atoms with E-state index in [1.54, 1.807) is 0 Å². The number of rotatable bonds is 4. The minimum absolute atomic E-state index is 0.105. The number of carbonyl (C=O) groups is 1. The van der Waals surface area contributed by atoms with Crippen LogP contribution in [0.2, 0.25) is 0 Å². The van der Waals surface area contributed by atoms with E-state index < -0.39 is 5.97 Å². The molecule has 3 nitrogen and oxygen atoms in total. The van der Waals surface area contributed by atoms with Gasteiger partial charge in [0.1, 0.15) is 0 Å². The summed E-state index contributed by atoms with van der Waals surface area (Å²) in [6.07, 6.45) is 3.57. The lowest BCUT2D eigenvalue weighted by Gasteiger charge is -2.39. The maximum Gasteiger partial charge on any atom is 0.307 e. The maximum absolute atomic E-state index is 10.6. The van der Waals surface area contributed by atoms with E-state index >= 15 is 0 Å². The topological polar surface area (TPSA) is 40.5 Å². The number of carboxylic acid groups (broad SMARTS) is 1. The van der Waals surface area contributed by atoms with Gasteiger partial charge in [-0.15, -0.1) is 0 Å². The molecule has 15 heavy (non-hydrogen) atoms. The van der Waals surface area contributed by atoms with Crippen molar-refractivity contribution in [2.24, 2.45) is 0 Å². The van der Waals surface area contributed by atoms with Crippen molar-refractivity contribution in [3.8, 4) is 0 Å². The molecule has 1 atom stereocenters. The zero-order valence-corrected chi connectivity index (χ0v) is 9.70. The summed E-state index contributed by atoms with van der Waals surface area (Å²) in [4.78, 5) is 13.0. The molecular weight excluding hydrogens is 190 g/mol. The molecular formula is C12H21NO2. The van der Waals surface area contributed by atoms with Crippen molar-refractivity contribution in [2.75, 3.05) is 6.54 Å². The zero-order valence-electron chi connectivity index (χ0n) is 9.70. The third kappa shape index (κ3) is 3.34. The Balaban J connectivity index is 2.63. The van der Waals surface area contributed by atoms with Gasteiger partial charge in [0.05, 0.1) is 6.42 Å². The standard InChI is InChI=1S/C12H21NO2/c1-9(2)13-7-5-4-6-11(13)10(3)8-12(14)15/h9,11H,3-8H2,1-2H3,(H,14,15). The fourth-order valence-electron chi connectivity index (χ4n) is 2.32. The minimum Gasteiger partial charge on any atom is -0.481 e. The lowest BCUT2D eigenvalue weighted by atomic mass is 9.93. The summed E-state index contributed by atoms with van der Waals surface area (Å²) >= 11 is 0. The molecule has 1 unspecified atom stereocenters. The first-order chi connectivity index (χ1) is 7.02. The summed E-state index contributed by atoms with van der Waals surface area (Å²) in [5, 5.41) is 8.76. The summed E-state index contributed by atoms with van der Waals surface area (Å²) in [7, 11) is 0. The summed E-state index contributed by atoms with van der Waals surface area (Å²) in [6, 6.07) is 0.746. The van der Waals surface area contributed by atoms with E-state index in [1.807, 2.05) is 0 Å². The van der Waals surface area contributed by atoms with Crippen molar-refractivity contribution in [1.29, 1.82) is 0 Å². The Morgan fingerprint density at radius 1 is 1.53 bits per heavy atom. The summed E-state index contributed by atoms with van der Waals surface area (Å²) < 4.78 is 0. The number of piperidine rings is 1. The number of carboxylic acids is 1. The van der Waals surface area contributed by atoms with E-state index in [1.165, 1.54) is 12.8 Å². The van der Waals surface area contributed by atoms with Gasteiger partial charge < -0.3 is 5.11 Å². The van der Waals surface area contributed by atoms with E-state index in [4.69, 9.17) is 5.11 Å². The van der Waals surface area contributed by atoms with Crippen molar-refractivity contribution in [2.45, 2.75) is 51.6 Å². The monoisotopic (exact) mass is 211 g/mol. The molecule has 0 aromatic carbocycles. The van der Waals surface area contributed by atoms with Gasteiger partial charge in [0, 0.05) is 12.1 Å². The first-order valence-corrected chi connectivity index (χ1v) is 5.67. The second kappa shape index (κ2) is 5.31. The fourth-order valence-corrected chi connectivity index (χ4v) is 2.32. The molecule has 0 radical (unpaired) electrons. The third-order valence-electron chi connectivity index (χ3n) is 3.06. The van der Waals surface area contributed by atoms with Crippen molar-refractivity contribution < 1.29 is 9.90 Å². The molecule has 86 valence electrons. The predicted molar refractivity (Wildman–Crippen MR) is 60.9 cm³/mol. The molecule has 3 heteroatoms. The number of likely N-dealkylation sites (tertiary alicyclic amines) is 1. The van der Waals surface area contributed by atoms with Crippen LogP contribution in [0, 0.1) is 0 Å². The van der Waals surface area contributed by atoms with E-state index in [9.17, 15) is 4.79 Å². The maximum atomic E-state index is 10.6. The molecule has 0 aliphatic carbocycles. The van der Waals surface area contributed by atoms with Crippen LogP contribution < -0.4 is 0 Å². The molecule has 0 bridgehead atoms. The Morgan fingerprint density at radius 3 is 2.73 bits per heavy atom. The van der Waals surface area contributed by atoms with Crippen LogP contribution in [0.15, 0.2) is 12.2 Å². The Labute approximate surface area is 91.8 Å². The van der Waals surface area contributed by atoms with Gasteiger partial charge in [0.25, 0.3) is 0 Å². The first-order valence-electron chi connectivity index (χ1n) is 5.67. The molecule has 0 aromatic rings. The van der Waals surface area contributed by atoms with E-state index in [0.29, 0.717) is 6.04 Å². The SMILES string of the molecule is C=C(CC(=O)O)C1CCCCN1C(C)C. The van der Waals surface area contributed by atoms with Crippen LogP contribution in [0.3, 0.4) is 0 Å². The average Bonchev–Trinajstić information content (AvgIpc) is 2.16. The van der Waals surface area contributed by atoms with Gasteiger partial charge in [-0.1, -0.05) is 13.0 Å². The van der Waals surface area contributed by atoms with Gasteiger partial charge in [0.2, 0.25) is 0 Å². The second-order valence-corrected chi connectivity index (χ2v) is 4.57. The largest absolute Gasteiger partial charge is 0.481 e. The number of aliphatic carboxylic acids is 1. The highest BCUT2D eigenvalue weighted by Crippen LogP contribution is 2.25. The Kier molecular flexibility index (Phi) is 4.33. The van der Waals surface area contributed by atoms with Gasteiger partial charge in [-0.3, -0.25) is 9.69 Å². The van der Waals surface area contributed by atoms with Crippen LogP contribution in [0.1, 0.15) is 39.5 Å². The van der Waals surface area contributed by atoms with Crippen LogP contribution in [0.25, 0.3) is 0 Å². The molecule has 1 rings (SSSR count). The second-order valence-electron chi connectivity index (χ2n) is 4.57. The number of nitrogens with zero attached hydrogens (tertiary/aromatic N) is 1. The predicted octanol–water partition coefficient (Wildman–Crippen LogP) is 2.28. The Bertz CT molecular complexity index is 248. The lowest BCUT2D eigenvalue weighted by molar-refractivity contribution is -0.136. The van der Waals surface area contributed by atoms with Crippen molar-refractivity contribution in [3.63, 3.8) is 0 Å². The molecule has 1 aliphatic heterocycles. The molecule has 0 spiro atoms. The third-order valence-corrected chi connectivity index (χ3v) is 3.06. The van der Waals surface area contributed by atoms with Crippen LogP contribution in [-0.2, 0) is 4.79 Å². The van der Waals surface area contributed by atoms with Crippen LogP contribution in [0.4, 0.5) is 0 Å². The van der Waals surface area contributed by atoms with Gasteiger partial charge >= 0.3 is 5.97 Å². The minimum atomic E-state index is -0.769. The normalized spacial score (nSPS) is 23.0. The quantitative estimate of drug-likeness (QED) is 0.725. The van der Waals surface area contributed by atoms with Gasteiger partial charge in [-0.2, -0.15) is 0 Å². The zero-order chi connectivity index (χ0) is 11.4. The van der Waals surface area contributed by atoms with E-state index in [0.717, 1.165) is 18.5 Å².